The molecule has 5 heteroatoms. The van der Waals surface area contributed by atoms with Crippen LogP contribution in [0.2, 0.25) is 0 Å². The maximum absolute atomic E-state index is 12.0. The molecule has 0 radical (unpaired) electrons. The molecule has 0 saturated carbocycles. The van der Waals surface area contributed by atoms with E-state index < -0.39 is 0 Å². The molecule has 2 rings (SSSR count). The number of rotatable bonds is 2. The molecule has 5 nitrogen and oxygen atoms in total. The summed E-state index contributed by atoms with van der Waals surface area (Å²) in [6.45, 7) is 8.16. The van der Waals surface area contributed by atoms with E-state index >= 15 is 0 Å². The lowest BCUT2D eigenvalue weighted by Gasteiger charge is -2.12. The van der Waals surface area contributed by atoms with Gasteiger partial charge in [0, 0.05) is 25.2 Å². The molecule has 0 atom stereocenters. The Labute approximate surface area is 100 Å². The summed E-state index contributed by atoms with van der Waals surface area (Å²) in [4.78, 5) is 20.7. The number of fused-ring (bicyclic) bond motifs is 1. The summed E-state index contributed by atoms with van der Waals surface area (Å²) < 4.78 is 3.51. The van der Waals surface area contributed by atoms with Crippen LogP contribution in [0, 0.1) is 0 Å². The van der Waals surface area contributed by atoms with E-state index in [0.717, 1.165) is 11.5 Å². The molecule has 0 saturated heterocycles. The Balaban J connectivity index is 2.84. The van der Waals surface area contributed by atoms with E-state index in [9.17, 15) is 4.79 Å². The Hall–Kier alpha value is -1.65. The SMILES string of the molecule is CC(C)c1ncc2c(=O)n(C)n(C(C)C)c2n1. The van der Waals surface area contributed by atoms with Crippen LogP contribution in [0.15, 0.2) is 11.0 Å². The lowest BCUT2D eigenvalue weighted by molar-refractivity contribution is 0.454. The van der Waals surface area contributed by atoms with Gasteiger partial charge in [-0.2, -0.15) is 0 Å². The van der Waals surface area contributed by atoms with Gasteiger partial charge in [0.15, 0.2) is 5.65 Å². The number of nitrogens with zero attached hydrogens (tertiary/aromatic N) is 4. The summed E-state index contributed by atoms with van der Waals surface area (Å²) in [5, 5.41) is 0.589. The van der Waals surface area contributed by atoms with Crippen LogP contribution >= 0.6 is 0 Å². The molecule has 2 heterocycles. The third-order valence-corrected chi connectivity index (χ3v) is 2.86. The highest BCUT2D eigenvalue weighted by molar-refractivity contribution is 5.73. The highest BCUT2D eigenvalue weighted by Crippen LogP contribution is 2.16. The maximum atomic E-state index is 12.0. The van der Waals surface area contributed by atoms with Gasteiger partial charge in [-0.3, -0.25) is 14.2 Å². The van der Waals surface area contributed by atoms with Crippen molar-refractivity contribution in [2.45, 2.75) is 39.7 Å². The minimum absolute atomic E-state index is 0.0380. The summed E-state index contributed by atoms with van der Waals surface area (Å²) in [5.74, 6) is 1.04. The van der Waals surface area contributed by atoms with Gasteiger partial charge < -0.3 is 0 Å². The van der Waals surface area contributed by atoms with Crippen molar-refractivity contribution in [1.29, 1.82) is 0 Å². The first-order valence-corrected chi connectivity index (χ1v) is 5.87. The van der Waals surface area contributed by atoms with Crippen molar-refractivity contribution in [2.75, 3.05) is 0 Å². The zero-order valence-corrected chi connectivity index (χ0v) is 10.9. The average Bonchev–Trinajstić information content (AvgIpc) is 2.51. The van der Waals surface area contributed by atoms with Crippen molar-refractivity contribution >= 4 is 11.0 Å². The second-order valence-electron chi connectivity index (χ2n) is 4.89. The predicted octanol–water partition coefficient (Wildman–Crippen LogP) is 1.83. The first-order valence-electron chi connectivity index (χ1n) is 5.87. The standard InChI is InChI=1S/C12H18N4O/c1-7(2)10-13-6-9-11(14-10)16(8(3)4)15(5)12(9)17/h6-8H,1-5H3. The van der Waals surface area contributed by atoms with E-state index in [1.54, 1.807) is 17.9 Å². The minimum atomic E-state index is -0.0380. The fourth-order valence-corrected chi connectivity index (χ4v) is 1.99. The van der Waals surface area contributed by atoms with Gasteiger partial charge in [-0.15, -0.1) is 0 Å². The van der Waals surface area contributed by atoms with Gasteiger partial charge in [-0.25, -0.2) is 9.97 Å². The number of hydrogen-bond acceptors (Lipinski definition) is 3. The number of hydrogen-bond donors (Lipinski definition) is 0. The van der Waals surface area contributed by atoms with Crippen molar-refractivity contribution < 1.29 is 0 Å². The summed E-state index contributed by atoms with van der Waals surface area (Å²) >= 11 is 0. The summed E-state index contributed by atoms with van der Waals surface area (Å²) in [6, 6.07) is 0.195. The lowest BCUT2D eigenvalue weighted by Crippen LogP contribution is -2.20. The fraction of sp³-hybridized carbons (Fsp3) is 0.583. The third kappa shape index (κ3) is 1.75. The van der Waals surface area contributed by atoms with Gasteiger partial charge in [-0.05, 0) is 13.8 Å². The van der Waals surface area contributed by atoms with Crippen LogP contribution in [0.4, 0.5) is 0 Å². The molecular weight excluding hydrogens is 216 g/mol. The second kappa shape index (κ2) is 3.98. The molecule has 2 aromatic heterocycles. The molecule has 0 fully saturated rings. The fourth-order valence-electron chi connectivity index (χ4n) is 1.99. The highest BCUT2D eigenvalue weighted by atomic mass is 16.1. The van der Waals surface area contributed by atoms with Crippen molar-refractivity contribution in [3.8, 4) is 0 Å². The Morgan fingerprint density at radius 2 is 1.88 bits per heavy atom. The zero-order chi connectivity index (χ0) is 12.7. The van der Waals surface area contributed by atoms with E-state index in [1.807, 2.05) is 32.4 Å². The predicted molar refractivity (Wildman–Crippen MR) is 67.2 cm³/mol. The van der Waals surface area contributed by atoms with Gasteiger partial charge in [0.1, 0.15) is 11.2 Å². The Morgan fingerprint density at radius 1 is 1.24 bits per heavy atom. The molecule has 0 aromatic carbocycles. The maximum Gasteiger partial charge on any atom is 0.277 e. The van der Waals surface area contributed by atoms with Gasteiger partial charge in [0.2, 0.25) is 0 Å². The van der Waals surface area contributed by atoms with Crippen LogP contribution < -0.4 is 5.56 Å². The van der Waals surface area contributed by atoms with Crippen molar-refractivity contribution in [3.05, 3.63) is 22.4 Å². The second-order valence-corrected chi connectivity index (χ2v) is 4.89. The molecule has 0 aliphatic heterocycles. The minimum Gasteiger partial charge on any atom is -0.267 e. The van der Waals surface area contributed by atoms with Crippen LogP contribution in [-0.4, -0.2) is 19.3 Å². The van der Waals surface area contributed by atoms with Gasteiger partial charge in [0.25, 0.3) is 5.56 Å². The molecule has 2 aromatic rings. The topological polar surface area (TPSA) is 52.7 Å². The first-order chi connectivity index (χ1) is 7.93. The van der Waals surface area contributed by atoms with Crippen LogP contribution in [0.25, 0.3) is 11.0 Å². The Morgan fingerprint density at radius 3 is 2.41 bits per heavy atom. The molecule has 0 bridgehead atoms. The quantitative estimate of drug-likeness (QED) is 0.796. The van der Waals surface area contributed by atoms with Crippen LogP contribution in [0.5, 0.6) is 0 Å². The lowest BCUT2D eigenvalue weighted by atomic mass is 10.2. The monoisotopic (exact) mass is 234 g/mol. The van der Waals surface area contributed by atoms with Crippen molar-refractivity contribution in [1.82, 2.24) is 19.3 Å². The van der Waals surface area contributed by atoms with E-state index in [4.69, 9.17) is 0 Å². The highest BCUT2D eigenvalue weighted by Gasteiger charge is 2.16. The molecule has 0 amide bonds. The van der Waals surface area contributed by atoms with Gasteiger partial charge >= 0.3 is 0 Å². The van der Waals surface area contributed by atoms with Crippen LogP contribution in [0.3, 0.4) is 0 Å². The summed E-state index contributed by atoms with van der Waals surface area (Å²) in [7, 11) is 1.76. The van der Waals surface area contributed by atoms with Crippen LogP contribution in [0.1, 0.15) is 45.5 Å². The zero-order valence-electron chi connectivity index (χ0n) is 10.9. The average molecular weight is 234 g/mol. The normalized spacial score (nSPS) is 11.9. The Bertz CT molecular complexity index is 607. The van der Waals surface area contributed by atoms with E-state index in [1.165, 1.54) is 0 Å². The van der Waals surface area contributed by atoms with E-state index in [0.29, 0.717) is 5.39 Å². The summed E-state index contributed by atoms with van der Waals surface area (Å²) in [6.07, 6.45) is 1.64. The van der Waals surface area contributed by atoms with Crippen molar-refractivity contribution in [3.63, 3.8) is 0 Å². The van der Waals surface area contributed by atoms with E-state index in [-0.39, 0.29) is 17.5 Å². The molecule has 0 aliphatic rings. The first kappa shape index (κ1) is 11.8. The van der Waals surface area contributed by atoms with Crippen LogP contribution in [-0.2, 0) is 7.05 Å². The summed E-state index contributed by atoms with van der Waals surface area (Å²) in [5.41, 5.74) is 0.690. The molecule has 17 heavy (non-hydrogen) atoms. The smallest absolute Gasteiger partial charge is 0.267 e. The van der Waals surface area contributed by atoms with Gasteiger partial charge in [0.05, 0.1) is 0 Å². The Kier molecular flexibility index (Phi) is 2.77. The van der Waals surface area contributed by atoms with E-state index in [2.05, 4.69) is 9.97 Å². The van der Waals surface area contributed by atoms with Gasteiger partial charge in [-0.1, -0.05) is 13.8 Å². The molecule has 0 N–H and O–H groups in total. The molecule has 92 valence electrons. The molecular formula is C12H18N4O. The number of aromatic nitrogens is 4. The van der Waals surface area contributed by atoms with Crippen molar-refractivity contribution in [2.24, 2.45) is 7.05 Å². The third-order valence-electron chi connectivity index (χ3n) is 2.86. The molecule has 0 spiro atoms. The largest absolute Gasteiger partial charge is 0.277 e. The molecule has 0 aliphatic carbocycles. The molecule has 0 unspecified atom stereocenters.